The number of methoxy groups -OCH3 is 2. The van der Waals surface area contributed by atoms with E-state index in [1.54, 1.807) is 56.8 Å². The number of esters is 1. The molecule has 0 atom stereocenters. The second-order valence-corrected chi connectivity index (χ2v) is 12.3. The van der Waals surface area contributed by atoms with E-state index in [4.69, 9.17) is 23.7 Å². The van der Waals surface area contributed by atoms with E-state index in [0.29, 0.717) is 66.1 Å². The zero-order valence-corrected chi connectivity index (χ0v) is 35.1. The summed E-state index contributed by atoms with van der Waals surface area (Å²) in [5.41, 5.74) is 4.38. The van der Waals surface area contributed by atoms with Crippen LogP contribution in [-0.4, -0.2) is 89.7 Å². The molecule has 294 valence electrons. The maximum atomic E-state index is 12.8. The third kappa shape index (κ3) is 12.2. The van der Waals surface area contributed by atoms with Gasteiger partial charge in [-0.1, -0.05) is 0 Å². The van der Waals surface area contributed by atoms with Crippen molar-refractivity contribution in [3.63, 3.8) is 0 Å². The molecular formula is C42H46N4NaO10+. The fourth-order valence-electron chi connectivity index (χ4n) is 5.83. The molecule has 2 N–H and O–H groups in total. The number of phenols is 1. The molecule has 2 aliphatic rings. The van der Waals surface area contributed by atoms with Crippen LogP contribution in [0.15, 0.2) is 95.1 Å². The standard InChI is InChI=1S/C22H24N2O5.C20H20N2O4.Na.H2O/c1-4-28-21-14-17(9-12-20(21)27-3)19-6-5-13-24(23-19)22(26)16-7-10-18(11-8-16)29-15(2)25;1-3-26-19-13-15(8-11-18(19)25-2)17-5-4-12-22(21-17)20(24)14-6-9-16(23)10-7-14;;/h7-12,14H,4-6,13H2,1-3H3;6-13H,3-5H2,1-2H3;;1H2/q;;+1;. The fourth-order valence-corrected chi connectivity index (χ4v) is 5.83. The van der Waals surface area contributed by atoms with Crippen molar-refractivity contribution in [3.05, 3.63) is 107 Å². The van der Waals surface area contributed by atoms with Crippen LogP contribution in [0.25, 0.3) is 0 Å². The van der Waals surface area contributed by atoms with Gasteiger partial charge in [0.1, 0.15) is 17.2 Å². The van der Waals surface area contributed by atoms with Crippen molar-refractivity contribution in [1.82, 2.24) is 5.01 Å². The van der Waals surface area contributed by atoms with E-state index in [0.717, 1.165) is 41.8 Å². The van der Waals surface area contributed by atoms with Crippen LogP contribution in [0.5, 0.6) is 34.5 Å². The second-order valence-electron chi connectivity index (χ2n) is 12.3. The largest absolute Gasteiger partial charge is 1.00 e. The topological polar surface area (TPSA) is 179 Å². The molecule has 0 saturated heterocycles. The van der Waals surface area contributed by atoms with Crippen LogP contribution in [-0.2, 0) is 4.79 Å². The first-order chi connectivity index (χ1) is 26.6. The molecule has 2 amide bonds. The van der Waals surface area contributed by atoms with Gasteiger partial charge in [0.05, 0.1) is 38.7 Å². The summed E-state index contributed by atoms with van der Waals surface area (Å²) in [5, 5.41) is 19.9. The Morgan fingerprint density at radius 2 is 1.32 bits per heavy atom. The van der Waals surface area contributed by atoms with Gasteiger partial charge in [-0.05, 0) is 116 Å². The third-order valence-corrected chi connectivity index (χ3v) is 8.45. The Labute approximate surface area is 354 Å². The quantitative estimate of drug-likeness (QED) is 0.102. The van der Waals surface area contributed by atoms with Crippen molar-refractivity contribution in [2.75, 3.05) is 34.0 Å². The maximum absolute atomic E-state index is 12.8. The average molecular weight is 790 g/mol. The number of hydrazone groups is 2. The summed E-state index contributed by atoms with van der Waals surface area (Å²) in [6, 6.07) is 23.9. The predicted molar refractivity (Wildman–Crippen MR) is 209 cm³/mol. The molecule has 0 aromatic heterocycles. The summed E-state index contributed by atoms with van der Waals surface area (Å²) in [7, 11) is 3.20. The summed E-state index contributed by atoms with van der Waals surface area (Å²) in [6.45, 7) is 6.77. The molecule has 4 aromatic rings. The molecule has 4 aromatic carbocycles. The molecule has 14 nitrogen and oxygen atoms in total. The minimum Gasteiger partial charge on any atom is -0.870 e. The molecule has 2 aliphatic heterocycles. The minimum absolute atomic E-state index is 0. The molecule has 57 heavy (non-hydrogen) atoms. The van der Waals surface area contributed by atoms with E-state index in [-0.39, 0.29) is 52.6 Å². The maximum Gasteiger partial charge on any atom is 1.00 e. The molecule has 0 saturated carbocycles. The zero-order valence-electron chi connectivity index (χ0n) is 33.1. The van der Waals surface area contributed by atoms with Crippen LogP contribution >= 0.6 is 0 Å². The first kappa shape index (κ1) is 45.8. The van der Waals surface area contributed by atoms with E-state index in [1.807, 2.05) is 50.2 Å². The van der Waals surface area contributed by atoms with E-state index in [1.165, 1.54) is 28.7 Å². The van der Waals surface area contributed by atoms with Gasteiger partial charge in [0, 0.05) is 48.1 Å². The second kappa shape index (κ2) is 22.3. The molecule has 0 radical (unpaired) electrons. The Morgan fingerprint density at radius 1 is 0.754 bits per heavy atom. The summed E-state index contributed by atoms with van der Waals surface area (Å²) in [4.78, 5) is 36.5. The van der Waals surface area contributed by atoms with E-state index in [9.17, 15) is 19.5 Å². The van der Waals surface area contributed by atoms with Gasteiger partial charge in [0.15, 0.2) is 29.2 Å². The first-order valence-electron chi connectivity index (χ1n) is 18.0. The zero-order chi connectivity index (χ0) is 39.3. The Morgan fingerprint density at radius 3 is 1.86 bits per heavy atom. The molecule has 2 heterocycles. The van der Waals surface area contributed by atoms with Gasteiger partial charge in [-0.15, -0.1) is 0 Å². The molecule has 15 heteroatoms. The van der Waals surface area contributed by atoms with Gasteiger partial charge >= 0.3 is 41.4 Å². The van der Waals surface area contributed by atoms with Gasteiger partial charge in [0.2, 0.25) is 0 Å². The number of benzene rings is 4. The van der Waals surface area contributed by atoms with Gasteiger partial charge in [-0.2, -0.15) is 5.10 Å². The summed E-state index contributed by atoms with van der Waals surface area (Å²) in [5.74, 6) is 2.31. The number of ether oxygens (including phenoxy) is 5. The fraction of sp³-hybridized carbons (Fsp3) is 0.286. The molecule has 6 rings (SSSR count). The number of hydrogen-bond donors (Lipinski definition) is 1. The Hall–Kier alpha value is -5.54. The van der Waals surface area contributed by atoms with Gasteiger partial charge in [0.25, 0.3) is 5.91 Å². The van der Waals surface area contributed by atoms with Gasteiger partial charge in [-0.3, -0.25) is 9.59 Å². The van der Waals surface area contributed by atoms with Crippen molar-refractivity contribution in [3.8, 4) is 34.5 Å². The number of aromatic hydroxyl groups is 1. The molecule has 0 unspecified atom stereocenters. The van der Waals surface area contributed by atoms with Gasteiger partial charge < -0.3 is 34.3 Å². The Balaban J connectivity index is 0.000000297. The van der Waals surface area contributed by atoms with Crippen molar-refractivity contribution >= 4 is 35.4 Å². The number of hydrogen-bond acceptors (Lipinski definition) is 12. The van der Waals surface area contributed by atoms with E-state index < -0.39 is 5.97 Å². The smallest absolute Gasteiger partial charge is 0.870 e. The van der Waals surface area contributed by atoms with Crippen molar-refractivity contribution in [2.45, 2.75) is 46.5 Å². The summed E-state index contributed by atoms with van der Waals surface area (Å²) in [6.07, 6.45) is 4.79. The molecular weight excluding hydrogens is 743 g/mol. The van der Waals surface area contributed by atoms with Gasteiger partial charge in [-0.25, -0.2) is 9.80 Å². The monoisotopic (exact) mass is 789 g/mol. The molecule has 0 spiro atoms. The predicted octanol–water partition coefficient (Wildman–Crippen LogP) is 3.71. The van der Waals surface area contributed by atoms with E-state index in [2.05, 4.69) is 10.2 Å². The Bertz CT molecular complexity index is 2100. The number of rotatable bonds is 11. The van der Waals surface area contributed by atoms with Crippen LogP contribution in [0, 0.1) is 0 Å². The van der Waals surface area contributed by atoms with Crippen molar-refractivity contribution in [1.29, 1.82) is 0 Å². The van der Waals surface area contributed by atoms with Crippen molar-refractivity contribution < 1.29 is 82.9 Å². The first-order valence-corrected chi connectivity index (χ1v) is 18.0. The molecule has 0 aliphatic carbocycles. The van der Waals surface area contributed by atoms with E-state index >= 15 is 0 Å². The van der Waals surface area contributed by atoms with Crippen LogP contribution in [0.1, 0.15) is 78.3 Å². The Kier molecular flexibility index (Phi) is 17.9. The third-order valence-electron chi connectivity index (χ3n) is 8.45. The molecule has 0 bridgehead atoms. The van der Waals surface area contributed by atoms with Crippen LogP contribution < -0.4 is 53.2 Å². The van der Waals surface area contributed by atoms with Crippen LogP contribution in [0.3, 0.4) is 0 Å². The minimum atomic E-state index is -0.403. The normalized spacial score (nSPS) is 13.1. The van der Waals surface area contributed by atoms with Crippen molar-refractivity contribution in [2.24, 2.45) is 10.2 Å². The number of amides is 2. The summed E-state index contributed by atoms with van der Waals surface area (Å²) >= 11 is 0. The number of nitrogens with zero attached hydrogens (tertiary/aromatic N) is 4. The SMILES string of the molecule is CCOc1cc(C2=NN(C(=O)c3ccc(OC(C)=O)cc3)CCC2)ccc1OC.CCOc1cc(C2=N[N+](C(=O)c3ccc(O)cc3)=CCC2)ccc1OC.[Na+].[OH-]. The number of phenolic OH excluding ortho intramolecular Hbond substituents is 1. The van der Waals surface area contributed by atoms with Crippen LogP contribution in [0.4, 0.5) is 0 Å². The number of carbonyl (C=O) groups is 3. The molecule has 0 fully saturated rings. The average Bonchev–Trinajstić information content (AvgIpc) is 3.21. The number of carbonyl (C=O) groups excluding carboxylic acids is 3. The van der Waals surface area contributed by atoms with Crippen LogP contribution in [0.2, 0.25) is 0 Å². The summed E-state index contributed by atoms with van der Waals surface area (Å²) < 4.78 is 28.3.